The van der Waals surface area contributed by atoms with Crippen molar-refractivity contribution in [1.82, 2.24) is 0 Å². The Balaban J connectivity index is 1.22. The van der Waals surface area contributed by atoms with Crippen LogP contribution in [-0.2, 0) is 70.6 Å². The van der Waals surface area contributed by atoms with Crippen molar-refractivity contribution < 1.29 is 162 Å². The number of ether oxygens (including phenoxy) is 10. The van der Waals surface area contributed by atoms with Crippen molar-refractivity contribution >= 4 is 19.8 Å². The van der Waals surface area contributed by atoms with Gasteiger partial charge in [-0.1, -0.05) is 129 Å². The quantitative estimate of drug-likeness (QED) is 0.0162. The number of aliphatic hydroxyl groups excluding tert-OH is 17. The Labute approximate surface area is 540 Å². The summed E-state index contributed by atoms with van der Waals surface area (Å²) in [5, 5.41) is 183. The van der Waals surface area contributed by atoms with Crippen molar-refractivity contribution in [3.8, 4) is 0 Å². The SMILES string of the molecule is CCCCCCCCCCCCC(=O)OC[C@H](COP(=O)(O)O[C@@H]1[C@H](O)[C@H](O)[C@@H](O)[C@H](O)[C@H]1O[C@H]1O[C@H](CO)[C@@H](O[C@H]2O[C@H](CO[C@H]3O[C@H](CO)[C@@H](O)[C@H](O)[C@@H]3O[C@H]3O[C@H](CO)[C@@H](O)[C@H](O)[C@@H]3O)[C@@H](O)[C@H](O)[C@@H]2O)[C@H](O)[C@H]1O)OC(=O)CCCCCCCCCCCC. The lowest BCUT2D eigenvalue weighted by atomic mass is 9.84. The molecule has 4 aliphatic heterocycles. The zero-order valence-corrected chi connectivity index (χ0v) is 53.9. The number of hydrogen-bond acceptors (Lipinski definition) is 32. The molecule has 0 radical (unpaired) electrons. The Hall–Kier alpha value is -1.95. The molecule has 0 aromatic carbocycles. The summed E-state index contributed by atoms with van der Waals surface area (Å²) in [4.78, 5) is 37.1. The van der Waals surface area contributed by atoms with Crippen LogP contribution >= 0.6 is 7.82 Å². The van der Waals surface area contributed by atoms with Crippen molar-refractivity contribution in [2.24, 2.45) is 0 Å². The number of phosphoric ester groups is 1. The van der Waals surface area contributed by atoms with Crippen molar-refractivity contribution in [2.45, 2.75) is 321 Å². The molecule has 1 saturated carbocycles. The standard InChI is InChI=1S/C59H107O33P/c1-3-5-7-9-11-13-15-17-19-21-23-36(63)81-28-31(84-37(64)24-22-20-18-16-14-12-10-8-6-4-2)29-83-93(79,80)92-54-47(74)44(71)43(70)46(73)53(54)90-58-51(78)48(75)52(34(27-62)87-58)89-57-50(77)42(69)40(67)35(88-57)30-82-59-55(45(72)39(66)33(26-61)86-59)91-56-49(76)41(68)38(65)32(25-60)85-56/h31-35,38-62,65-78H,3-30H2,1-2H3,(H,79,80)/t31-,32-,33-,34-,35-,38-,39-,40-,41+,42+,43-,44-,45+,46+,47-,48-,49+,50+,51-,52-,53-,54-,55+,56-,57-,58-,59+/m1/s1. The third-order valence-electron chi connectivity index (χ3n) is 17.4. The number of carbonyl (C=O) groups excluding carboxylic acids is 2. The van der Waals surface area contributed by atoms with Gasteiger partial charge in [0.2, 0.25) is 0 Å². The van der Waals surface area contributed by atoms with Gasteiger partial charge in [-0.3, -0.25) is 18.6 Å². The second kappa shape index (κ2) is 41.6. The summed E-state index contributed by atoms with van der Waals surface area (Å²) >= 11 is 0. The predicted octanol–water partition coefficient (Wildman–Crippen LogP) is -3.32. The molecule has 0 aromatic heterocycles. The fraction of sp³-hybridized carbons (Fsp3) is 0.966. The molecule has 18 N–H and O–H groups in total. The summed E-state index contributed by atoms with van der Waals surface area (Å²) in [6, 6.07) is 0. The van der Waals surface area contributed by atoms with Gasteiger partial charge >= 0.3 is 19.8 Å². The molecule has 4 saturated heterocycles. The van der Waals surface area contributed by atoms with Gasteiger partial charge in [0.05, 0.1) is 33.0 Å². The van der Waals surface area contributed by atoms with Gasteiger partial charge in [0.25, 0.3) is 0 Å². The largest absolute Gasteiger partial charge is 0.472 e. The van der Waals surface area contributed by atoms with Crippen LogP contribution in [0.2, 0.25) is 0 Å². The van der Waals surface area contributed by atoms with Crippen LogP contribution in [0.25, 0.3) is 0 Å². The van der Waals surface area contributed by atoms with Gasteiger partial charge in [-0.2, -0.15) is 0 Å². The predicted molar refractivity (Wildman–Crippen MR) is 315 cm³/mol. The first-order valence-corrected chi connectivity index (χ1v) is 34.4. The van der Waals surface area contributed by atoms with E-state index in [0.717, 1.165) is 83.5 Å². The molecular formula is C59H107O33P. The zero-order valence-electron chi connectivity index (χ0n) is 53.0. The number of aliphatic hydroxyl groups is 17. The van der Waals surface area contributed by atoms with Crippen LogP contribution in [0.3, 0.4) is 0 Å². The van der Waals surface area contributed by atoms with E-state index in [4.69, 9.17) is 56.4 Å². The van der Waals surface area contributed by atoms with E-state index in [2.05, 4.69) is 13.8 Å². The first-order chi connectivity index (χ1) is 44.3. The molecule has 0 spiro atoms. The van der Waals surface area contributed by atoms with Crippen LogP contribution in [0.4, 0.5) is 0 Å². The number of phosphoric acid groups is 1. The highest BCUT2D eigenvalue weighted by atomic mass is 31.2. The van der Waals surface area contributed by atoms with E-state index >= 15 is 0 Å². The highest BCUT2D eigenvalue weighted by Crippen LogP contribution is 2.48. The maximum Gasteiger partial charge on any atom is 0.472 e. The van der Waals surface area contributed by atoms with E-state index in [-0.39, 0.29) is 12.8 Å². The summed E-state index contributed by atoms with van der Waals surface area (Å²) in [5.74, 6) is -1.37. The Morgan fingerprint density at radius 2 is 0.742 bits per heavy atom. The Bertz CT molecular complexity index is 2120. The van der Waals surface area contributed by atoms with Crippen LogP contribution in [0.15, 0.2) is 0 Å². The van der Waals surface area contributed by atoms with Crippen LogP contribution < -0.4 is 0 Å². The molecule has 4 heterocycles. The van der Waals surface area contributed by atoms with E-state index in [1.807, 2.05) is 0 Å². The monoisotopic (exact) mass is 1370 g/mol. The maximum atomic E-state index is 13.8. The van der Waals surface area contributed by atoms with Crippen LogP contribution in [0, 0.1) is 0 Å². The van der Waals surface area contributed by atoms with Crippen LogP contribution in [-0.4, -0.2) is 309 Å². The van der Waals surface area contributed by atoms with E-state index < -0.39 is 225 Å². The lowest BCUT2D eigenvalue weighted by Crippen LogP contribution is -2.68. The molecule has 93 heavy (non-hydrogen) atoms. The summed E-state index contributed by atoms with van der Waals surface area (Å²) in [7, 11) is -5.59. The van der Waals surface area contributed by atoms with Gasteiger partial charge in [-0.15, -0.1) is 0 Å². The molecule has 5 aliphatic rings. The average molecular weight is 1380 g/mol. The van der Waals surface area contributed by atoms with Gasteiger partial charge in [-0.05, 0) is 12.8 Å². The first kappa shape index (κ1) is 81.7. The molecule has 33 nitrogen and oxygen atoms in total. The van der Waals surface area contributed by atoms with E-state index in [1.165, 1.54) is 32.1 Å². The Morgan fingerprint density at radius 3 is 1.24 bits per heavy atom. The molecule has 28 atom stereocenters. The van der Waals surface area contributed by atoms with Crippen molar-refractivity contribution in [2.75, 3.05) is 39.6 Å². The van der Waals surface area contributed by atoms with Crippen molar-refractivity contribution in [3.63, 3.8) is 0 Å². The van der Waals surface area contributed by atoms with Gasteiger partial charge in [-0.25, -0.2) is 4.57 Å². The summed E-state index contributed by atoms with van der Waals surface area (Å²) in [6.45, 7) is -1.11. The first-order valence-electron chi connectivity index (χ1n) is 32.9. The fourth-order valence-corrected chi connectivity index (χ4v) is 12.6. The van der Waals surface area contributed by atoms with Gasteiger partial charge in [0.15, 0.2) is 31.3 Å². The normalized spacial score (nSPS) is 38.5. The second-order valence-electron chi connectivity index (χ2n) is 24.7. The zero-order chi connectivity index (χ0) is 68.5. The number of rotatable bonds is 42. The van der Waals surface area contributed by atoms with Gasteiger partial charge < -0.3 is 139 Å². The van der Waals surface area contributed by atoms with Gasteiger partial charge in [0.1, 0.15) is 141 Å². The molecule has 0 aromatic rings. The summed E-state index contributed by atoms with van der Waals surface area (Å²) in [6.07, 6.45) is -35.0. The Kier molecular flexibility index (Phi) is 36.5. The van der Waals surface area contributed by atoms with Crippen molar-refractivity contribution in [1.29, 1.82) is 0 Å². The minimum Gasteiger partial charge on any atom is -0.462 e. The molecule has 0 bridgehead atoms. The minimum absolute atomic E-state index is 0.0386. The lowest BCUT2D eigenvalue weighted by Gasteiger charge is -2.49. The molecule has 1 unspecified atom stereocenters. The number of unbranched alkanes of at least 4 members (excludes halogenated alkanes) is 18. The molecule has 546 valence electrons. The molecule has 1 aliphatic carbocycles. The molecule has 5 fully saturated rings. The fourth-order valence-electron chi connectivity index (χ4n) is 11.6. The van der Waals surface area contributed by atoms with Gasteiger partial charge in [0, 0.05) is 12.8 Å². The van der Waals surface area contributed by atoms with E-state index in [9.17, 15) is 106 Å². The molecule has 0 amide bonds. The summed E-state index contributed by atoms with van der Waals surface area (Å²) < 4.78 is 80.3. The highest BCUT2D eigenvalue weighted by Gasteiger charge is 2.58. The summed E-state index contributed by atoms with van der Waals surface area (Å²) in [5.41, 5.74) is 0. The number of esters is 2. The van der Waals surface area contributed by atoms with Crippen LogP contribution in [0.5, 0.6) is 0 Å². The Morgan fingerprint density at radius 1 is 0.387 bits per heavy atom. The third-order valence-corrected chi connectivity index (χ3v) is 18.4. The second-order valence-corrected chi connectivity index (χ2v) is 26.1. The van der Waals surface area contributed by atoms with Crippen molar-refractivity contribution in [3.05, 3.63) is 0 Å². The molecular weight excluding hydrogens is 1270 g/mol. The smallest absolute Gasteiger partial charge is 0.462 e. The molecule has 34 heteroatoms. The number of carbonyl (C=O) groups is 2. The minimum atomic E-state index is -5.59. The van der Waals surface area contributed by atoms with E-state index in [1.54, 1.807) is 0 Å². The maximum absolute atomic E-state index is 13.8. The van der Waals surface area contributed by atoms with E-state index in [0.29, 0.717) is 12.8 Å². The van der Waals surface area contributed by atoms with Crippen LogP contribution in [0.1, 0.15) is 155 Å². The highest BCUT2D eigenvalue weighted by molar-refractivity contribution is 7.47. The topological polar surface area (TPSA) is 526 Å². The molecule has 5 rings (SSSR count). The third kappa shape index (κ3) is 24.4. The average Bonchev–Trinajstić information content (AvgIpc) is 0.785. The lowest BCUT2D eigenvalue weighted by molar-refractivity contribution is -0.382. The number of hydrogen-bond donors (Lipinski definition) is 18.